The Morgan fingerprint density at radius 2 is 1.89 bits per heavy atom. The zero-order valence-corrected chi connectivity index (χ0v) is 12.6. The van der Waals surface area contributed by atoms with E-state index in [1.807, 2.05) is 27.9 Å². The zero-order chi connectivity index (χ0) is 14.9. The molecule has 0 aromatic carbocycles. The molecule has 6 nitrogen and oxygen atoms in total. The minimum absolute atomic E-state index is 0.0108. The number of nitrogens with two attached hydrogens (primary N) is 1. The van der Waals surface area contributed by atoms with Crippen molar-refractivity contribution < 1.29 is 10.0 Å². The summed E-state index contributed by atoms with van der Waals surface area (Å²) < 4.78 is 0. The second-order valence-corrected chi connectivity index (χ2v) is 5.04. The van der Waals surface area contributed by atoms with E-state index in [1.165, 1.54) is 0 Å². The van der Waals surface area contributed by atoms with Crippen molar-refractivity contribution in [2.24, 2.45) is 16.3 Å². The number of hydrogen-bond acceptors (Lipinski definition) is 4. The summed E-state index contributed by atoms with van der Waals surface area (Å²) in [7, 11) is 4.05. The van der Waals surface area contributed by atoms with E-state index in [9.17, 15) is 4.79 Å². The normalized spacial score (nSPS) is 12.8. The molecule has 0 saturated carbocycles. The lowest BCUT2D eigenvalue weighted by molar-refractivity contribution is -0.128. The molecular weight excluding hydrogens is 244 g/mol. The molecule has 0 unspecified atom stereocenters. The van der Waals surface area contributed by atoms with E-state index in [2.05, 4.69) is 15.4 Å². The van der Waals surface area contributed by atoms with Crippen molar-refractivity contribution in [3.05, 3.63) is 0 Å². The summed E-state index contributed by atoms with van der Waals surface area (Å²) in [6, 6.07) is 0. The van der Waals surface area contributed by atoms with Gasteiger partial charge in [-0.05, 0) is 46.3 Å². The molecule has 4 N–H and O–H groups in total. The Kier molecular flexibility index (Phi) is 8.14. The maximum absolute atomic E-state index is 12.2. The number of carbonyl (C=O) groups excluding carboxylic acids is 1. The van der Waals surface area contributed by atoms with Gasteiger partial charge in [0.25, 0.3) is 0 Å². The first-order valence-corrected chi connectivity index (χ1v) is 6.85. The van der Waals surface area contributed by atoms with E-state index in [-0.39, 0.29) is 11.7 Å². The molecule has 0 radical (unpaired) electrons. The molecule has 112 valence electrons. The van der Waals surface area contributed by atoms with Gasteiger partial charge in [-0.2, -0.15) is 0 Å². The van der Waals surface area contributed by atoms with Crippen LogP contribution in [0.1, 0.15) is 39.5 Å². The van der Waals surface area contributed by atoms with Gasteiger partial charge in [-0.1, -0.05) is 19.0 Å². The molecule has 19 heavy (non-hydrogen) atoms. The van der Waals surface area contributed by atoms with E-state index in [0.29, 0.717) is 19.4 Å². The van der Waals surface area contributed by atoms with E-state index < -0.39 is 5.41 Å². The van der Waals surface area contributed by atoms with Crippen LogP contribution in [-0.4, -0.2) is 49.0 Å². The number of nitrogens with one attached hydrogen (secondary N) is 1. The van der Waals surface area contributed by atoms with Crippen LogP contribution in [0.5, 0.6) is 0 Å². The predicted molar refractivity (Wildman–Crippen MR) is 77.2 cm³/mol. The summed E-state index contributed by atoms with van der Waals surface area (Å²) in [5.41, 5.74) is 4.78. The third kappa shape index (κ3) is 5.06. The standard InChI is InChI=1S/C13H28N4O2/c1-5-13(6-2,11(14)16-19)12(18)15-9-7-8-10-17(3)4/h19H,5-10H2,1-4H3,(H2,14,16)(H,15,18). The Bertz CT molecular complexity index is 299. The zero-order valence-electron chi connectivity index (χ0n) is 12.6. The molecule has 1 amide bonds. The first-order chi connectivity index (χ1) is 8.94. The highest BCUT2D eigenvalue weighted by atomic mass is 16.4. The molecule has 0 aliphatic heterocycles. The third-order valence-electron chi connectivity index (χ3n) is 3.56. The lowest BCUT2D eigenvalue weighted by atomic mass is 9.80. The minimum Gasteiger partial charge on any atom is -0.409 e. The predicted octanol–water partition coefficient (Wildman–Crippen LogP) is 0.997. The summed E-state index contributed by atoms with van der Waals surface area (Å²) in [4.78, 5) is 14.3. The van der Waals surface area contributed by atoms with Crippen LogP contribution < -0.4 is 11.1 Å². The maximum Gasteiger partial charge on any atom is 0.233 e. The van der Waals surface area contributed by atoms with Crippen LogP contribution >= 0.6 is 0 Å². The fourth-order valence-corrected chi connectivity index (χ4v) is 2.07. The molecule has 0 aromatic rings. The van der Waals surface area contributed by atoms with E-state index in [1.54, 1.807) is 0 Å². The van der Waals surface area contributed by atoms with Gasteiger partial charge in [0.15, 0.2) is 5.84 Å². The molecule has 0 atom stereocenters. The number of amidine groups is 1. The fraction of sp³-hybridized carbons (Fsp3) is 0.846. The van der Waals surface area contributed by atoms with Crippen LogP contribution in [0.2, 0.25) is 0 Å². The van der Waals surface area contributed by atoms with E-state index in [4.69, 9.17) is 10.9 Å². The average molecular weight is 272 g/mol. The molecule has 0 aromatic heterocycles. The molecular formula is C13H28N4O2. The largest absolute Gasteiger partial charge is 0.409 e. The Hall–Kier alpha value is -1.30. The highest BCUT2D eigenvalue weighted by Gasteiger charge is 2.39. The van der Waals surface area contributed by atoms with Crippen LogP contribution in [-0.2, 0) is 4.79 Å². The number of oxime groups is 1. The summed E-state index contributed by atoms with van der Waals surface area (Å²) in [5, 5.41) is 14.7. The second kappa shape index (κ2) is 8.74. The number of nitrogens with zero attached hydrogens (tertiary/aromatic N) is 2. The van der Waals surface area contributed by atoms with Gasteiger partial charge >= 0.3 is 0 Å². The Labute approximate surface area is 116 Å². The van der Waals surface area contributed by atoms with Crippen LogP contribution in [0.25, 0.3) is 0 Å². The SMILES string of the molecule is CCC(CC)(C(=O)NCCCCN(C)C)C(N)=NO. The third-order valence-corrected chi connectivity index (χ3v) is 3.56. The van der Waals surface area contributed by atoms with Crippen molar-refractivity contribution in [3.8, 4) is 0 Å². The van der Waals surface area contributed by atoms with Gasteiger partial charge < -0.3 is 21.2 Å². The van der Waals surface area contributed by atoms with Gasteiger partial charge in [0.2, 0.25) is 5.91 Å². The maximum atomic E-state index is 12.2. The quantitative estimate of drug-likeness (QED) is 0.192. The van der Waals surface area contributed by atoms with Crippen molar-refractivity contribution in [1.29, 1.82) is 0 Å². The van der Waals surface area contributed by atoms with Gasteiger partial charge in [0, 0.05) is 6.54 Å². The smallest absolute Gasteiger partial charge is 0.233 e. The van der Waals surface area contributed by atoms with E-state index in [0.717, 1.165) is 19.4 Å². The molecule has 0 heterocycles. The topological polar surface area (TPSA) is 91.0 Å². The number of carbonyl (C=O) groups is 1. The van der Waals surface area contributed by atoms with Crippen molar-refractivity contribution in [2.75, 3.05) is 27.2 Å². The summed E-state index contributed by atoms with van der Waals surface area (Å²) in [6.07, 6.45) is 2.98. The van der Waals surface area contributed by atoms with Gasteiger partial charge in [0.1, 0.15) is 5.41 Å². The first-order valence-electron chi connectivity index (χ1n) is 6.85. The van der Waals surface area contributed by atoms with Crippen molar-refractivity contribution in [3.63, 3.8) is 0 Å². The summed E-state index contributed by atoms with van der Waals surface area (Å²) in [5.74, 6) is -0.166. The summed E-state index contributed by atoms with van der Waals surface area (Å²) in [6.45, 7) is 5.36. The Morgan fingerprint density at radius 3 is 2.32 bits per heavy atom. The second-order valence-electron chi connectivity index (χ2n) is 5.04. The molecule has 0 fully saturated rings. The van der Waals surface area contributed by atoms with Crippen LogP contribution in [0.15, 0.2) is 5.16 Å². The number of rotatable bonds is 9. The Balaban J connectivity index is 4.36. The van der Waals surface area contributed by atoms with Gasteiger partial charge in [-0.15, -0.1) is 0 Å². The van der Waals surface area contributed by atoms with Crippen LogP contribution in [0.3, 0.4) is 0 Å². The summed E-state index contributed by atoms with van der Waals surface area (Å²) >= 11 is 0. The molecule has 0 spiro atoms. The number of hydrogen-bond donors (Lipinski definition) is 3. The molecule has 0 saturated heterocycles. The van der Waals surface area contributed by atoms with Crippen molar-refractivity contribution in [1.82, 2.24) is 10.2 Å². The molecule has 6 heteroatoms. The van der Waals surface area contributed by atoms with Gasteiger partial charge in [0.05, 0.1) is 0 Å². The fourth-order valence-electron chi connectivity index (χ4n) is 2.07. The molecule has 0 rings (SSSR count). The van der Waals surface area contributed by atoms with Crippen molar-refractivity contribution >= 4 is 11.7 Å². The Morgan fingerprint density at radius 1 is 1.32 bits per heavy atom. The monoisotopic (exact) mass is 272 g/mol. The highest BCUT2D eigenvalue weighted by molar-refractivity contribution is 6.06. The van der Waals surface area contributed by atoms with Crippen LogP contribution in [0.4, 0.5) is 0 Å². The minimum atomic E-state index is -0.893. The highest BCUT2D eigenvalue weighted by Crippen LogP contribution is 2.26. The van der Waals surface area contributed by atoms with Crippen LogP contribution in [0, 0.1) is 5.41 Å². The lowest BCUT2D eigenvalue weighted by Gasteiger charge is -2.28. The number of amides is 1. The number of unbranched alkanes of at least 4 members (excludes halogenated alkanes) is 1. The molecule has 0 bridgehead atoms. The average Bonchev–Trinajstić information content (AvgIpc) is 2.39. The first kappa shape index (κ1) is 17.7. The van der Waals surface area contributed by atoms with Crippen molar-refractivity contribution in [2.45, 2.75) is 39.5 Å². The van der Waals surface area contributed by atoms with E-state index >= 15 is 0 Å². The van der Waals surface area contributed by atoms with Gasteiger partial charge in [-0.25, -0.2) is 0 Å². The molecule has 0 aliphatic rings. The van der Waals surface area contributed by atoms with Gasteiger partial charge in [-0.3, -0.25) is 4.79 Å². The molecule has 0 aliphatic carbocycles. The lowest BCUT2D eigenvalue weighted by Crippen LogP contribution is -2.49.